The average Bonchev–Trinajstić information content (AvgIpc) is 2.74. The SMILES string of the molecule is COc1ccc(NCC(=O)N2c3ccccc3NC(=O)C[C@H]2C)cc1Cl. The summed E-state index contributed by atoms with van der Waals surface area (Å²) in [5.41, 5.74) is 2.06. The Balaban J connectivity index is 1.78. The van der Waals surface area contributed by atoms with Crippen molar-refractivity contribution in [2.75, 3.05) is 29.2 Å². The normalized spacial score (nSPS) is 16.3. The van der Waals surface area contributed by atoms with Crippen LogP contribution in [-0.2, 0) is 9.59 Å². The monoisotopic (exact) mass is 373 g/mol. The van der Waals surface area contributed by atoms with E-state index in [0.29, 0.717) is 27.8 Å². The highest BCUT2D eigenvalue weighted by Gasteiger charge is 2.29. The second-order valence-corrected chi connectivity index (χ2v) is 6.49. The van der Waals surface area contributed by atoms with Gasteiger partial charge in [0.1, 0.15) is 5.75 Å². The summed E-state index contributed by atoms with van der Waals surface area (Å²) >= 11 is 6.12. The number of ether oxygens (including phenoxy) is 1. The Morgan fingerprint density at radius 2 is 2.12 bits per heavy atom. The number of carbonyl (C=O) groups is 2. The third-order valence-corrected chi connectivity index (χ3v) is 4.52. The zero-order chi connectivity index (χ0) is 18.7. The lowest BCUT2D eigenvalue weighted by molar-refractivity contribution is -0.118. The first kappa shape index (κ1) is 18.1. The van der Waals surface area contributed by atoms with E-state index in [9.17, 15) is 9.59 Å². The molecule has 26 heavy (non-hydrogen) atoms. The van der Waals surface area contributed by atoms with Gasteiger partial charge in [0.2, 0.25) is 11.8 Å². The molecule has 1 atom stereocenters. The number of hydrogen-bond acceptors (Lipinski definition) is 4. The largest absolute Gasteiger partial charge is 0.495 e. The molecule has 6 nitrogen and oxygen atoms in total. The summed E-state index contributed by atoms with van der Waals surface area (Å²) in [4.78, 5) is 26.5. The highest BCUT2D eigenvalue weighted by Crippen LogP contribution is 2.31. The Hall–Kier alpha value is -2.73. The maximum Gasteiger partial charge on any atom is 0.246 e. The van der Waals surface area contributed by atoms with Crippen LogP contribution in [0.4, 0.5) is 17.1 Å². The number of hydrogen-bond donors (Lipinski definition) is 2. The molecule has 1 aliphatic heterocycles. The molecule has 1 heterocycles. The van der Waals surface area contributed by atoms with Gasteiger partial charge in [0.05, 0.1) is 30.1 Å². The molecular weight excluding hydrogens is 354 g/mol. The van der Waals surface area contributed by atoms with E-state index in [1.807, 2.05) is 25.1 Å². The van der Waals surface area contributed by atoms with Gasteiger partial charge in [-0.25, -0.2) is 0 Å². The van der Waals surface area contributed by atoms with E-state index in [-0.39, 0.29) is 30.8 Å². The predicted molar refractivity (Wildman–Crippen MR) is 103 cm³/mol. The maximum absolute atomic E-state index is 12.9. The number of halogens is 1. The van der Waals surface area contributed by atoms with E-state index in [0.717, 1.165) is 0 Å². The molecule has 136 valence electrons. The van der Waals surface area contributed by atoms with Crippen molar-refractivity contribution in [3.05, 3.63) is 47.5 Å². The van der Waals surface area contributed by atoms with Crippen molar-refractivity contribution in [1.29, 1.82) is 0 Å². The van der Waals surface area contributed by atoms with Crippen LogP contribution in [0.2, 0.25) is 5.02 Å². The van der Waals surface area contributed by atoms with Crippen molar-refractivity contribution >= 4 is 40.5 Å². The van der Waals surface area contributed by atoms with E-state index in [4.69, 9.17) is 16.3 Å². The molecule has 0 saturated carbocycles. The van der Waals surface area contributed by atoms with Crippen molar-refractivity contribution in [1.82, 2.24) is 0 Å². The van der Waals surface area contributed by atoms with Crippen LogP contribution in [-0.4, -0.2) is 31.5 Å². The molecule has 0 saturated heterocycles. The molecule has 0 aromatic heterocycles. The summed E-state index contributed by atoms with van der Waals surface area (Å²) in [6.45, 7) is 1.94. The van der Waals surface area contributed by atoms with Crippen LogP contribution in [0.5, 0.6) is 5.75 Å². The fourth-order valence-corrected chi connectivity index (χ4v) is 3.26. The number of rotatable bonds is 4. The smallest absolute Gasteiger partial charge is 0.246 e. The molecule has 2 aromatic rings. The number of carbonyl (C=O) groups excluding carboxylic acids is 2. The van der Waals surface area contributed by atoms with Crippen LogP contribution in [0.15, 0.2) is 42.5 Å². The van der Waals surface area contributed by atoms with Gasteiger partial charge in [0.15, 0.2) is 0 Å². The van der Waals surface area contributed by atoms with Crippen LogP contribution in [0.3, 0.4) is 0 Å². The van der Waals surface area contributed by atoms with Crippen molar-refractivity contribution in [2.45, 2.75) is 19.4 Å². The molecule has 1 aliphatic rings. The summed E-state index contributed by atoms with van der Waals surface area (Å²) in [7, 11) is 1.55. The van der Waals surface area contributed by atoms with Gasteiger partial charge in [-0.1, -0.05) is 23.7 Å². The summed E-state index contributed by atoms with van der Waals surface area (Å²) < 4.78 is 5.12. The fourth-order valence-electron chi connectivity index (χ4n) is 3.01. The molecule has 7 heteroatoms. The Labute approximate surface area is 157 Å². The lowest BCUT2D eigenvalue weighted by atomic mass is 10.1. The zero-order valence-corrected chi connectivity index (χ0v) is 15.3. The first-order valence-electron chi connectivity index (χ1n) is 8.28. The minimum absolute atomic E-state index is 0.0789. The van der Waals surface area contributed by atoms with Gasteiger partial charge in [-0.2, -0.15) is 0 Å². The summed E-state index contributed by atoms with van der Waals surface area (Å²) in [6, 6.07) is 12.3. The van der Waals surface area contributed by atoms with E-state index in [1.165, 1.54) is 0 Å². The molecule has 0 aliphatic carbocycles. The zero-order valence-electron chi connectivity index (χ0n) is 14.6. The maximum atomic E-state index is 12.9. The topological polar surface area (TPSA) is 70.7 Å². The van der Waals surface area contributed by atoms with Gasteiger partial charge in [-0.15, -0.1) is 0 Å². The Kier molecular flexibility index (Phi) is 5.32. The third-order valence-electron chi connectivity index (χ3n) is 4.22. The number of methoxy groups -OCH3 is 1. The van der Waals surface area contributed by atoms with E-state index < -0.39 is 0 Å². The molecule has 3 rings (SSSR count). The number of benzene rings is 2. The van der Waals surface area contributed by atoms with E-state index in [2.05, 4.69) is 10.6 Å². The second-order valence-electron chi connectivity index (χ2n) is 6.09. The summed E-state index contributed by atoms with van der Waals surface area (Å²) in [6.07, 6.45) is 0.245. The predicted octanol–water partition coefficient (Wildman–Crippen LogP) is 3.52. The quantitative estimate of drug-likeness (QED) is 0.860. The van der Waals surface area contributed by atoms with Crippen molar-refractivity contribution < 1.29 is 14.3 Å². The minimum Gasteiger partial charge on any atom is -0.495 e. The number of fused-ring (bicyclic) bond motifs is 1. The van der Waals surface area contributed by atoms with Crippen molar-refractivity contribution in [2.24, 2.45) is 0 Å². The average molecular weight is 374 g/mol. The molecule has 2 aromatic carbocycles. The first-order chi connectivity index (χ1) is 12.5. The molecule has 0 bridgehead atoms. The lowest BCUT2D eigenvalue weighted by Gasteiger charge is -2.28. The van der Waals surface area contributed by atoms with E-state index in [1.54, 1.807) is 36.3 Å². The molecule has 0 unspecified atom stereocenters. The first-order valence-corrected chi connectivity index (χ1v) is 8.65. The van der Waals surface area contributed by atoms with Crippen LogP contribution in [0, 0.1) is 0 Å². The Bertz CT molecular complexity index is 841. The van der Waals surface area contributed by atoms with Crippen molar-refractivity contribution in [3.63, 3.8) is 0 Å². The Morgan fingerprint density at radius 3 is 2.85 bits per heavy atom. The Morgan fingerprint density at radius 1 is 1.35 bits per heavy atom. The number of amides is 2. The second kappa shape index (κ2) is 7.66. The highest BCUT2D eigenvalue weighted by atomic mass is 35.5. The van der Waals surface area contributed by atoms with Crippen LogP contribution in [0.1, 0.15) is 13.3 Å². The van der Waals surface area contributed by atoms with Crippen LogP contribution < -0.4 is 20.3 Å². The van der Waals surface area contributed by atoms with Gasteiger partial charge in [0.25, 0.3) is 0 Å². The molecule has 0 radical (unpaired) electrons. The van der Waals surface area contributed by atoms with Crippen LogP contribution >= 0.6 is 11.6 Å². The minimum atomic E-state index is -0.243. The molecule has 2 amide bonds. The van der Waals surface area contributed by atoms with Gasteiger partial charge in [0, 0.05) is 18.2 Å². The van der Waals surface area contributed by atoms with Crippen LogP contribution in [0.25, 0.3) is 0 Å². The third kappa shape index (κ3) is 3.75. The van der Waals surface area contributed by atoms with Crippen molar-refractivity contribution in [3.8, 4) is 5.75 Å². The fraction of sp³-hybridized carbons (Fsp3) is 0.263. The number of nitrogens with one attached hydrogen (secondary N) is 2. The van der Waals surface area contributed by atoms with Gasteiger partial charge < -0.3 is 20.3 Å². The standard InChI is InChI=1S/C19H20ClN3O3/c1-12-9-18(24)22-15-5-3-4-6-16(15)23(12)19(25)11-21-13-7-8-17(26-2)14(20)10-13/h3-8,10,12,21H,9,11H2,1-2H3,(H,22,24)/t12-/m1/s1. The lowest BCUT2D eigenvalue weighted by Crippen LogP contribution is -2.42. The van der Waals surface area contributed by atoms with E-state index >= 15 is 0 Å². The number of anilines is 3. The molecular formula is C19H20ClN3O3. The molecule has 0 fully saturated rings. The summed E-state index contributed by atoms with van der Waals surface area (Å²) in [5.74, 6) is 0.340. The summed E-state index contributed by atoms with van der Waals surface area (Å²) in [5, 5.41) is 6.39. The van der Waals surface area contributed by atoms with Gasteiger partial charge in [-0.3, -0.25) is 9.59 Å². The van der Waals surface area contributed by atoms with Gasteiger partial charge >= 0.3 is 0 Å². The molecule has 2 N–H and O–H groups in total. The number of nitrogens with zero attached hydrogens (tertiary/aromatic N) is 1. The highest BCUT2D eigenvalue weighted by molar-refractivity contribution is 6.32. The number of para-hydroxylation sites is 2. The van der Waals surface area contributed by atoms with Gasteiger partial charge in [-0.05, 0) is 37.3 Å². The molecule has 0 spiro atoms.